The summed E-state index contributed by atoms with van der Waals surface area (Å²) in [7, 11) is 0. The normalized spacial score (nSPS) is 15.7. The first-order valence-electron chi connectivity index (χ1n) is 8.44. The third kappa shape index (κ3) is 3.24. The first-order valence-corrected chi connectivity index (χ1v) is 8.44. The molecule has 0 unspecified atom stereocenters. The van der Waals surface area contributed by atoms with Gasteiger partial charge >= 0.3 is 0 Å². The number of halogens is 1. The highest BCUT2D eigenvalue weighted by molar-refractivity contribution is 6.20. The van der Waals surface area contributed by atoms with E-state index in [0.717, 1.165) is 5.56 Å². The van der Waals surface area contributed by atoms with E-state index in [-0.39, 0.29) is 11.8 Å². The number of fused-ring (bicyclic) bond motifs is 1. The standard InChI is InChI=1S/C19H21FN4O2/c1-4-21-17(25)14-10-24(18(26)12-5-7-13(20)8-6-12)11-19(2,3)15-9-22-23-16(14)15/h5-10H,4,11H2,1-3H3,(H,21,25)(H,22,23). The van der Waals surface area contributed by atoms with Gasteiger partial charge in [0.25, 0.3) is 11.8 Å². The highest BCUT2D eigenvalue weighted by Gasteiger charge is 2.35. The maximum Gasteiger partial charge on any atom is 0.257 e. The van der Waals surface area contributed by atoms with Crippen LogP contribution in [-0.2, 0) is 10.2 Å². The SMILES string of the molecule is CCNC(=O)C1=CN(C(=O)c2ccc(F)cc2)CC(C)(C)c2cn[nH]c21. The predicted molar refractivity (Wildman–Crippen MR) is 95.7 cm³/mol. The maximum absolute atomic E-state index is 13.2. The molecule has 2 heterocycles. The molecule has 3 rings (SSSR count). The number of H-pyrrole nitrogens is 1. The number of hydrogen-bond acceptors (Lipinski definition) is 3. The molecular formula is C19H21FN4O2. The molecule has 0 radical (unpaired) electrons. The van der Waals surface area contributed by atoms with Gasteiger partial charge < -0.3 is 10.2 Å². The van der Waals surface area contributed by atoms with Gasteiger partial charge in [-0.2, -0.15) is 5.10 Å². The second-order valence-corrected chi connectivity index (χ2v) is 6.88. The Labute approximate surface area is 151 Å². The van der Waals surface area contributed by atoms with Crippen molar-refractivity contribution < 1.29 is 14.0 Å². The molecule has 136 valence electrons. The van der Waals surface area contributed by atoms with Crippen LogP contribution in [0, 0.1) is 5.82 Å². The summed E-state index contributed by atoms with van der Waals surface area (Å²) >= 11 is 0. The summed E-state index contributed by atoms with van der Waals surface area (Å²) in [5.41, 5.74) is 1.75. The Hall–Kier alpha value is -2.96. The van der Waals surface area contributed by atoms with Crippen molar-refractivity contribution in [1.82, 2.24) is 20.4 Å². The molecule has 0 spiro atoms. The lowest BCUT2D eigenvalue weighted by Crippen LogP contribution is -2.36. The smallest absolute Gasteiger partial charge is 0.257 e. The van der Waals surface area contributed by atoms with E-state index >= 15 is 0 Å². The van der Waals surface area contributed by atoms with E-state index in [2.05, 4.69) is 15.5 Å². The fourth-order valence-electron chi connectivity index (χ4n) is 3.10. The Balaban J connectivity index is 2.06. The van der Waals surface area contributed by atoms with Gasteiger partial charge in [0.05, 0.1) is 17.5 Å². The van der Waals surface area contributed by atoms with Gasteiger partial charge in [0.1, 0.15) is 5.82 Å². The lowest BCUT2D eigenvalue weighted by molar-refractivity contribution is -0.115. The van der Waals surface area contributed by atoms with E-state index in [1.807, 2.05) is 20.8 Å². The molecule has 26 heavy (non-hydrogen) atoms. The molecule has 2 aromatic rings. The molecule has 1 aromatic heterocycles. The number of nitrogens with zero attached hydrogens (tertiary/aromatic N) is 2. The fourth-order valence-corrected chi connectivity index (χ4v) is 3.10. The van der Waals surface area contributed by atoms with Crippen LogP contribution in [0.15, 0.2) is 36.7 Å². The fraction of sp³-hybridized carbons (Fsp3) is 0.316. The third-order valence-corrected chi connectivity index (χ3v) is 4.42. The Morgan fingerprint density at radius 3 is 2.65 bits per heavy atom. The van der Waals surface area contributed by atoms with E-state index in [1.165, 1.54) is 29.2 Å². The van der Waals surface area contributed by atoms with Gasteiger partial charge in [-0.1, -0.05) is 13.8 Å². The van der Waals surface area contributed by atoms with Crippen molar-refractivity contribution in [2.45, 2.75) is 26.2 Å². The second-order valence-electron chi connectivity index (χ2n) is 6.88. The molecule has 1 aromatic carbocycles. The summed E-state index contributed by atoms with van der Waals surface area (Å²) in [6.45, 7) is 6.63. The summed E-state index contributed by atoms with van der Waals surface area (Å²) < 4.78 is 13.2. The first kappa shape index (κ1) is 17.8. The number of aromatic amines is 1. The zero-order chi connectivity index (χ0) is 18.9. The van der Waals surface area contributed by atoms with Crippen molar-refractivity contribution in [1.29, 1.82) is 0 Å². The molecule has 0 saturated carbocycles. The Morgan fingerprint density at radius 1 is 1.31 bits per heavy atom. The van der Waals surface area contributed by atoms with Crippen LogP contribution in [-0.4, -0.2) is 40.0 Å². The summed E-state index contributed by atoms with van der Waals surface area (Å²) in [6.07, 6.45) is 3.23. The monoisotopic (exact) mass is 356 g/mol. The molecule has 2 amide bonds. The number of aromatic nitrogens is 2. The lowest BCUT2D eigenvalue weighted by Gasteiger charge is -2.28. The van der Waals surface area contributed by atoms with Crippen LogP contribution in [0.25, 0.3) is 5.57 Å². The van der Waals surface area contributed by atoms with Crippen LogP contribution in [0.5, 0.6) is 0 Å². The average Bonchev–Trinajstić information content (AvgIpc) is 3.05. The Bertz CT molecular complexity index is 868. The molecule has 0 saturated heterocycles. The van der Waals surface area contributed by atoms with Gasteiger partial charge in [0, 0.05) is 35.8 Å². The molecule has 1 aliphatic rings. The highest BCUT2D eigenvalue weighted by atomic mass is 19.1. The number of rotatable bonds is 3. The Kier molecular flexibility index (Phi) is 4.63. The van der Waals surface area contributed by atoms with Gasteiger partial charge in [-0.3, -0.25) is 14.7 Å². The van der Waals surface area contributed by atoms with Gasteiger partial charge in [0.2, 0.25) is 0 Å². The summed E-state index contributed by atoms with van der Waals surface area (Å²) in [5, 5.41) is 9.73. The lowest BCUT2D eigenvalue weighted by atomic mass is 9.84. The molecule has 7 heteroatoms. The molecular weight excluding hydrogens is 335 g/mol. The first-order chi connectivity index (χ1) is 12.3. The van der Waals surface area contributed by atoms with Crippen molar-refractivity contribution >= 4 is 17.4 Å². The van der Waals surface area contributed by atoms with Gasteiger partial charge in [-0.05, 0) is 31.2 Å². The molecule has 0 atom stereocenters. The number of hydrogen-bond donors (Lipinski definition) is 2. The Morgan fingerprint density at radius 2 is 2.00 bits per heavy atom. The van der Waals surface area contributed by atoms with Crippen LogP contribution in [0.3, 0.4) is 0 Å². The molecule has 1 aliphatic heterocycles. The summed E-state index contributed by atoms with van der Waals surface area (Å²) in [5.74, 6) is -0.983. The summed E-state index contributed by atoms with van der Waals surface area (Å²) in [4.78, 5) is 27.0. The number of amides is 2. The van der Waals surface area contributed by atoms with E-state index in [1.54, 1.807) is 12.4 Å². The minimum absolute atomic E-state index is 0.285. The minimum atomic E-state index is -0.428. The molecule has 0 fully saturated rings. The van der Waals surface area contributed by atoms with Gasteiger partial charge in [0.15, 0.2) is 0 Å². The van der Waals surface area contributed by atoms with E-state index < -0.39 is 11.2 Å². The second kappa shape index (κ2) is 6.74. The third-order valence-electron chi connectivity index (χ3n) is 4.42. The van der Waals surface area contributed by atoms with Crippen LogP contribution in [0.4, 0.5) is 4.39 Å². The van der Waals surface area contributed by atoms with Crippen molar-refractivity contribution in [2.24, 2.45) is 0 Å². The van der Waals surface area contributed by atoms with Crippen molar-refractivity contribution in [2.75, 3.05) is 13.1 Å². The van der Waals surface area contributed by atoms with E-state index in [4.69, 9.17) is 0 Å². The minimum Gasteiger partial charge on any atom is -0.352 e. The number of carbonyl (C=O) groups is 2. The van der Waals surface area contributed by atoms with Gasteiger partial charge in [-0.15, -0.1) is 0 Å². The summed E-state index contributed by atoms with van der Waals surface area (Å²) in [6, 6.07) is 5.38. The van der Waals surface area contributed by atoms with Crippen molar-refractivity contribution in [3.8, 4) is 0 Å². The number of nitrogens with one attached hydrogen (secondary N) is 2. The maximum atomic E-state index is 13.2. The van der Waals surface area contributed by atoms with Gasteiger partial charge in [-0.25, -0.2) is 4.39 Å². The van der Waals surface area contributed by atoms with Crippen LogP contribution < -0.4 is 5.32 Å². The van der Waals surface area contributed by atoms with Crippen molar-refractivity contribution in [3.63, 3.8) is 0 Å². The van der Waals surface area contributed by atoms with Crippen LogP contribution in [0.2, 0.25) is 0 Å². The largest absolute Gasteiger partial charge is 0.352 e. The quantitative estimate of drug-likeness (QED) is 0.887. The van der Waals surface area contributed by atoms with Crippen LogP contribution in [0.1, 0.15) is 42.4 Å². The molecule has 0 bridgehead atoms. The highest BCUT2D eigenvalue weighted by Crippen LogP contribution is 2.34. The van der Waals surface area contributed by atoms with E-state index in [0.29, 0.717) is 29.9 Å². The van der Waals surface area contributed by atoms with E-state index in [9.17, 15) is 14.0 Å². The predicted octanol–water partition coefficient (Wildman–Crippen LogP) is 2.46. The molecule has 2 N–H and O–H groups in total. The van der Waals surface area contributed by atoms with Crippen molar-refractivity contribution in [3.05, 3.63) is 59.3 Å². The topological polar surface area (TPSA) is 78.1 Å². The number of benzene rings is 1. The zero-order valence-electron chi connectivity index (χ0n) is 15.0. The number of likely N-dealkylation sites (N-methyl/N-ethyl adjacent to an activating group) is 1. The average molecular weight is 356 g/mol. The zero-order valence-corrected chi connectivity index (χ0v) is 15.0. The molecule has 0 aliphatic carbocycles. The number of carbonyl (C=O) groups excluding carboxylic acids is 2. The van der Waals surface area contributed by atoms with Crippen LogP contribution >= 0.6 is 0 Å². The molecule has 6 nitrogen and oxygen atoms in total.